The van der Waals surface area contributed by atoms with Crippen LogP contribution < -0.4 is 21.9 Å². The number of rotatable bonds is 5. The molecule has 1 rings (SSSR count). The van der Waals surface area contributed by atoms with Gasteiger partial charge in [-0.3, -0.25) is 18.7 Å². The van der Waals surface area contributed by atoms with E-state index in [-0.39, 0.29) is 17.2 Å². The molecule has 0 unspecified atom stereocenters. The molecule has 1 amide bonds. The molecule has 0 aliphatic carbocycles. The van der Waals surface area contributed by atoms with Gasteiger partial charge < -0.3 is 10.6 Å². The Morgan fingerprint density at radius 2 is 1.94 bits per heavy atom. The second-order valence-corrected chi connectivity index (χ2v) is 3.97. The van der Waals surface area contributed by atoms with Crippen LogP contribution in [0.15, 0.2) is 15.7 Å². The molecule has 0 spiro atoms. The Kier molecular flexibility index (Phi) is 4.85. The van der Waals surface area contributed by atoms with Gasteiger partial charge in [0.15, 0.2) is 0 Å². The van der Waals surface area contributed by atoms with Gasteiger partial charge in [-0.05, 0) is 0 Å². The van der Waals surface area contributed by atoms with Gasteiger partial charge in [0.25, 0.3) is 5.56 Å². The third kappa shape index (κ3) is 3.30. The molecular formula is C11H18N4O3. The first-order valence-corrected chi connectivity index (χ1v) is 5.64. The number of nitrogens with one attached hydrogen (secondary N) is 2. The maximum absolute atomic E-state index is 11.6. The molecule has 0 radical (unpaired) electrons. The largest absolute Gasteiger partial charge is 0.359 e. The van der Waals surface area contributed by atoms with E-state index in [1.165, 1.54) is 17.7 Å². The molecule has 0 saturated carbocycles. The summed E-state index contributed by atoms with van der Waals surface area (Å²) >= 11 is 0. The molecule has 0 aromatic carbocycles. The van der Waals surface area contributed by atoms with Crippen LogP contribution in [0.4, 0.5) is 0 Å². The fourth-order valence-electron chi connectivity index (χ4n) is 1.49. The van der Waals surface area contributed by atoms with E-state index in [0.717, 1.165) is 4.57 Å². The van der Waals surface area contributed by atoms with Crippen LogP contribution in [0.1, 0.15) is 12.1 Å². The Balaban J connectivity index is 2.67. The van der Waals surface area contributed by atoms with Crippen LogP contribution in [-0.4, -0.2) is 28.6 Å². The summed E-state index contributed by atoms with van der Waals surface area (Å²) in [4.78, 5) is 34.1. The van der Waals surface area contributed by atoms with Crippen molar-refractivity contribution in [1.29, 1.82) is 0 Å². The lowest BCUT2D eigenvalue weighted by Crippen LogP contribution is -2.39. The SMILES string of the molecule is CNC(=O)CCNCc1cc(=O)n(C)c(=O)n1C. The van der Waals surface area contributed by atoms with Crippen LogP contribution in [0.25, 0.3) is 0 Å². The highest BCUT2D eigenvalue weighted by atomic mass is 16.2. The van der Waals surface area contributed by atoms with Gasteiger partial charge in [-0.1, -0.05) is 0 Å². The second kappa shape index (κ2) is 6.15. The van der Waals surface area contributed by atoms with Crippen LogP contribution in [0.3, 0.4) is 0 Å². The van der Waals surface area contributed by atoms with Crippen LogP contribution >= 0.6 is 0 Å². The summed E-state index contributed by atoms with van der Waals surface area (Å²) in [5.41, 5.74) is -0.0909. The quantitative estimate of drug-likeness (QED) is 0.614. The lowest BCUT2D eigenvalue weighted by atomic mass is 10.3. The van der Waals surface area contributed by atoms with E-state index in [1.54, 1.807) is 14.1 Å². The van der Waals surface area contributed by atoms with E-state index in [2.05, 4.69) is 10.6 Å². The van der Waals surface area contributed by atoms with Crippen molar-refractivity contribution in [2.45, 2.75) is 13.0 Å². The third-order valence-electron chi connectivity index (χ3n) is 2.74. The predicted molar refractivity (Wildman–Crippen MR) is 67.3 cm³/mol. The fourth-order valence-corrected chi connectivity index (χ4v) is 1.49. The van der Waals surface area contributed by atoms with Gasteiger partial charge in [-0.2, -0.15) is 0 Å². The van der Waals surface area contributed by atoms with Crippen LogP contribution in [-0.2, 0) is 25.4 Å². The molecule has 1 aromatic heterocycles. The zero-order valence-corrected chi connectivity index (χ0v) is 10.8. The van der Waals surface area contributed by atoms with Gasteiger partial charge in [-0.25, -0.2) is 4.79 Å². The highest BCUT2D eigenvalue weighted by molar-refractivity contribution is 5.75. The van der Waals surface area contributed by atoms with Crippen LogP contribution in [0.5, 0.6) is 0 Å². The number of carbonyl (C=O) groups excluding carboxylic acids is 1. The Morgan fingerprint density at radius 1 is 1.28 bits per heavy atom. The average molecular weight is 254 g/mol. The molecule has 18 heavy (non-hydrogen) atoms. The summed E-state index contributed by atoms with van der Waals surface area (Å²) in [7, 11) is 4.62. The number of aromatic nitrogens is 2. The maximum atomic E-state index is 11.6. The molecule has 0 aliphatic rings. The van der Waals surface area contributed by atoms with Crippen LogP contribution in [0, 0.1) is 0 Å². The molecule has 7 heteroatoms. The highest BCUT2D eigenvalue weighted by Crippen LogP contribution is 1.90. The Bertz CT molecular complexity index is 544. The van der Waals surface area contributed by atoms with E-state index in [4.69, 9.17) is 0 Å². The van der Waals surface area contributed by atoms with Gasteiger partial charge >= 0.3 is 5.69 Å². The highest BCUT2D eigenvalue weighted by Gasteiger charge is 2.05. The first kappa shape index (κ1) is 14.2. The average Bonchev–Trinajstić information content (AvgIpc) is 2.37. The molecule has 7 nitrogen and oxygen atoms in total. The molecule has 0 bridgehead atoms. The van der Waals surface area contributed by atoms with E-state index in [1.807, 2.05) is 0 Å². The fraction of sp³-hybridized carbons (Fsp3) is 0.545. The molecular weight excluding hydrogens is 236 g/mol. The molecule has 1 heterocycles. The first-order chi connectivity index (χ1) is 8.47. The molecule has 0 fully saturated rings. The third-order valence-corrected chi connectivity index (χ3v) is 2.74. The molecule has 0 saturated heterocycles. The van der Waals surface area contributed by atoms with E-state index in [0.29, 0.717) is 25.2 Å². The van der Waals surface area contributed by atoms with E-state index >= 15 is 0 Å². The zero-order chi connectivity index (χ0) is 13.7. The number of amides is 1. The van der Waals surface area contributed by atoms with Crippen molar-refractivity contribution in [2.75, 3.05) is 13.6 Å². The van der Waals surface area contributed by atoms with Gasteiger partial charge in [0.2, 0.25) is 5.91 Å². The smallest absolute Gasteiger partial charge is 0.330 e. The topological polar surface area (TPSA) is 85.1 Å². The summed E-state index contributed by atoms with van der Waals surface area (Å²) in [5, 5.41) is 5.53. The molecule has 100 valence electrons. The first-order valence-electron chi connectivity index (χ1n) is 5.64. The lowest BCUT2D eigenvalue weighted by molar-refractivity contribution is -0.120. The Morgan fingerprint density at radius 3 is 2.56 bits per heavy atom. The Hall–Kier alpha value is -1.89. The van der Waals surface area contributed by atoms with Crippen molar-refractivity contribution in [2.24, 2.45) is 14.1 Å². The van der Waals surface area contributed by atoms with E-state index in [9.17, 15) is 14.4 Å². The van der Waals surface area contributed by atoms with Crippen molar-refractivity contribution in [3.8, 4) is 0 Å². The summed E-state index contributed by atoms with van der Waals surface area (Å²) < 4.78 is 2.46. The number of hydrogen-bond donors (Lipinski definition) is 2. The molecule has 1 aromatic rings. The minimum Gasteiger partial charge on any atom is -0.359 e. The normalized spacial score (nSPS) is 10.4. The van der Waals surface area contributed by atoms with Crippen molar-refractivity contribution < 1.29 is 4.79 Å². The number of nitrogens with zero attached hydrogens (tertiary/aromatic N) is 2. The monoisotopic (exact) mass is 254 g/mol. The van der Waals surface area contributed by atoms with E-state index < -0.39 is 0 Å². The zero-order valence-electron chi connectivity index (χ0n) is 10.8. The maximum Gasteiger partial charge on any atom is 0.330 e. The minimum atomic E-state index is -0.356. The van der Waals surface area contributed by atoms with Gasteiger partial charge in [-0.15, -0.1) is 0 Å². The molecule has 2 N–H and O–H groups in total. The summed E-state index contributed by atoms with van der Waals surface area (Å²) in [5.74, 6) is -0.0552. The number of carbonyl (C=O) groups is 1. The van der Waals surface area contributed by atoms with Gasteiger partial charge in [0.1, 0.15) is 0 Å². The standard InChI is InChI=1S/C11H18N4O3/c1-12-9(16)4-5-13-7-8-6-10(17)15(3)11(18)14(8)2/h6,13H,4-5,7H2,1-3H3,(H,12,16). The van der Waals surface area contributed by atoms with Gasteiger partial charge in [0.05, 0.1) is 0 Å². The summed E-state index contributed by atoms with van der Waals surface area (Å²) in [6.45, 7) is 0.863. The predicted octanol–water partition coefficient (Wildman–Crippen LogP) is -1.69. The van der Waals surface area contributed by atoms with Crippen LogP contribution in [0.2, 0.25) is 0 Å². The second-order valence-electron chi connectivity index (χ2n) is 3.97. The molecule has 0 aliphatic heterocycles. The summed E-state index contributed by atoms with van der Waals surface area (Å²) in [6, 6.07) is 1.41. The number of hydrogen-bond acceptors (Lipinski definition) is 4. The lowest BCUT2D eigenvalue weighted by Gasteiger charge is -2.10. The van der Waals surface area contributed by atoms with Gasteiger partial charge in [0, 0.05) is 52.4 Å². The Labute approximate surface area is 104 Å². The van der Waals surface area contributed by atoms with Crippen molar-refractivity contribution in [3.63, 3.8) is 0 Å². The minimum absolute atomic E-state index is 0.0552. The van der Waals surface area contributed by atoms with Crippen molar-refractivity contribution in [3.05, 3.63) is 32.6 Å². The van der Waals surface area contributed by atoms with Crippen molar-refractivity contribution >= 4 is 5.91 Å². The summed E-state index contributed by atoms with van der Waals surface area (Å²) in [6.07, 6.45) is 0.356. The molecule has 0 atom stereocenters. The van der Waals surface area contributed by atoms with Crippen molar-refractivity contribution in [1.82, 2.24) is 19.8 Å².